The minimum atomic E-state index is 0.168. The van der Waals surface area contributed by atoms with Gasteiger partial charge in [-0.2, -0.15) is 0 Å². The first-order chi connectivity index (χ1) is 10.6. The lowest BCUT2D eigenvalue weighted by Gasteiger charge is -2.33. The maximum Gasteiger partial charge on any atom is 0.0126 e. The molecule has 1 heteroatoms. The zero-order chi connectivity index (χ0) is 15.3. The van der Waals surface area contributed by atoms with Crippen LogP contribution in [0.5, 0.6) is 0 Å². The van der Waals surface area contributed by atoms with E-state index >= 15 is 0 Å². The molecule has 1 aromatic carbocycles. The highest BCUT2D eigenvalue weighted by atomic mass is 14.6. The lowest BCUT2D eigenvalue weighted by atomic mass is 9.71. The van der Waals surface area contributed by atoms with Crippen LogP contribution >= 0.6 is 0 Å². The van der Waals surface area contributed by atoms with E-state index in [9.17, 15) is 0 Å². The largest absolute Gasteiger partial charge is 0.402 e. The number of nitrogens with two attached hydrogens (primary N) is 1. The van der Waals surface area contributed by atoms with Gasteiger partial charge in [-0.3, -0.25) is 0 Å². The molecule has 4 rings (SSSR count). The third kappa shape index (κ3) is 1.85. The van der Waals surface area contributed by atoms with Crippen molar-refractivity contribution in [3.63, 3.8) is 0 Å². The third-order valence-corrected chi connectivity index (χ3v) is 5.66. The van der Waals surface area contributed by atoms with Crippen molar-refractivity contribution < 1.29 is 0 Å². The Morgan fingerprint density at radius 3 is 2.73 bits per heavy atom. The van der Waals surface area contributed by atoms with Gasteiger partial charge in [0.25, 0.3) is 0 Å². The molecule has 112 valence electrons. The highest BCUT2D eigenvalue weighted by molar-refractivity contribution is 5.81. The fraction of sp³-hybridized carbons (Fsp3) is 0.333. The van der Waals surface area contributed by atoms with E-state index in [1.807, 2.05) is 0 Å². The number of hydrogen-bond acceptors (Lipinski definition) is 1. The second-order valence-corrected chi connectivity index (χ2v) is 7.26. The second kappa shape index (κ2) is 4.74. The Balaban J connectivity index is 1.82. The number of fused-ring (bicyclic) bond motifs is 3. The monoisotopic (exact) mass is 289 g/mol. The summed E-state index contributed by atoms with van der Waals surface area (Å²) in [5.74, 6) is 0.950. The van der Waals surface area contributed by atoms with Gasteiger partial charge >= 0.3 is 0 Å². The quantitative estimate of drug-likeness (QED) is 0.795. The van der Waals surface area contributed by atoms with Crippen molar-refractivity contribution in [1.29, 1.82) is 0 Å². The lowest BCUT2D eigenvalue weighted by Crippen LogP contribution is -2.28. The van der Waals surface area contributed by atoms with E-state index in [0.717, 1.165) is 18.5 Å². The van der Waals surface area contributed by atoms with E-state index in [0.29, 0.717) is 11.8 Å². The summed E-state index contributed by atoms with van der Waals surface area (Å²) in [6.07, 6.45) is 13.2. The van der Waals surface area contributed by atoms with E-state index in [1.165, 1.54) is 22.3 Å². The average molecular weight is 289 g/mol. The molecule has 0 saturated carbocycles. The van der Waals surface area contributed by atoms with Gasteiger partial charge < -0.3 is 5.73 Å². The van der Waals surface area contributed by atoms with Crippen LogP contribution in [-0.2, 0) is 5.41 Å². The fourth-order valence-electron chi connectivity index (χ4n) is 4.36. The molecule has 0 amide bonds. The molecule has 0 aliphatic heterocycles. The zero-order valence-electron chi connectivity index (χ0n) is 13.3. The van der Waals surface area contributed by atoms with Crippen LogP contribution in [0.2, 0.25) is 0 Å². The lowest BCUT2D eigenvalue weighted by molar-refractivity contribution is 0.404. The molecule has 2 unspecified atom stereocenters. The van der Waals surface area contributed by atoms with Crippen LogP contribution in [0.25, 0.3) is 5.57 Å². The van der Waals surface area contributed by atoms with Crippen LogP contribution in [0.4, 0.5) is 0 Å². The van der Waals surface area contributed by atoms with E-state index in [-0.39, 0.29) is 5.41 Å². The van der Waals surface area contributed by atoms with Gasteiger partial charge in [-0.1, -0.05) is 68.5 Å². The Hall–Kier alpha value is -2.02. The van der Waals surface area contributed by atoms with Gasteiger partial charge in [0.1, 0.15) is 0 Å². The topological polar surface area (TPSA) is 26.0 Å². The summed E-state index contributed by atoms with van der Waals surface area (Å²) in [5, 5.41) is 0. The molecule has 3 aliphatic rings. The van der Waals surface area contributed by atoms with Gasteiger partial charge in [0, 0.05) is 11.6 Å². The van der Waals surface area contributed by atoms with Crippen molar-refractivity contribution in [1.82, 2.24) is 0 Å². The Morgan fingerprint density at radius 1 is 1.14 bits per heavy atom. The second-order valence-electron chi connectivity index (χ2n) is 7.26. The van der Waals surface area contributed by atoms with Crippen LogP contribution in [0.1, 0.15) is 37.8 Å². The van der Waals surface area contributed by atoms with Crippen molar-refractivity contribution >= 4 is 5.57 Å². The number of rotatable bonds is 1. The maximum absolute atomic E-state index is 6.50. The van der Waals surface area contributed by atoms with Gasteiger partial charge in [0.05, 0.1) is 0 Å². The molecule has 0 heterocycles. The van der Waals surface area contributed by atoms with Crippen molar-refractivity contribution in [3.05, 3.63) is 77.0 Å². The Kier molecular flexibility index (Phi) is 2.94. The Bertz CT molecular complexity index is 743. The Labute approximate surface area is 132 Å². The van der Waals surface area contributed by atoms with Crippen LogP contribution in [-0.4, -0.2) is 0 Å². The van der Waals surface area contributed by atoms with E-state index in [1.54, 1.807) is 0 Å². The summed E-state index contributed by atoms with van der Waals surface area (Å²) >= 11 is 0. The van der Waals surface area contributed by atoms with Crippen LogP contribution in [0.3, 0.4) is 0 Å². The summed E-state index contributed by atoms with van der Waals surface area (Å²) in [4.78, 5) is 0. The van der Waals surface area contributed by atoms with Gasteiger partial charge in [0.2, 0.25) is 0 Å². The highest BCUT2D eigenvalue weighted by Crippen LogP contribution is 2.54. The predicted octanol–water partition coefficient (Wildman–Crippen LogP) is 4.73. The average Bonchev–Trinajstić information content (AvgIpc) is 2.76. The van der Waals surface area contributed by atoms with Crippen molar-refractivity contribution in [2.45, 2.75) is 32.1 Å². The molecule has 22 heavy (non-hydrogen) atoms. The molecular formula is C21H23N. The molecule has 0 spiro atoms. The van der Waals surface area contributed by atoms with Crippen LogP contribution in [0, 0.1) is 11.8 Å². The number of allylic oxidation sites excluding steroid dienone is 8. The molecule has 3 aliphatic carbocycles. The van der Waals surface area contributed by atoms with Crippen molar-refractivity contribution in [2.24, 2.45) is 17.6 Å². The van der Waals surface area contributed by atoms with Gasteiger partial charge in [0.15, 0.2) is 0 Å². The Morgan fingerprint density at radius 2 is 1.95 bits per heavy atom. The summed E-state index contributed by atoms with van der Waals surface area (Å²) in [6.45, 7) is 4.72. The standard InChI is InChI=1S/C21H23N/c1-21(2)18-11-7-6-10-15(18)17-12-16(20(22)13-19(17)21)14-8-4-3-5-9-14/h3-8,10-12,14,19H,9,13,22H2,1-2H3. The third-order valence-electron chi connectivity index (χ3n) is 5.66. The normalized spacial score (nSPS) is 28.4. The smallest absolute Gasteiger partial charge is 0.0126 e. The fourth-order valence-corrected chi connectivity index (χ4v) is 4.36. The molecule has 0 fully saturated rings. The maximum atomic E-state index is 6.50. The molecule has 0 aromatic heterocycles. The van der Waals surface area contributed by atoms with E-state index in [4.69, 9.17) is 5.73 Å². The highest BCUT2D eigenvalue weighted by Gasteiger charge is 2.44. The molecule has 0 saturated heterocycles. The van der Waals surface area contributed by atoms with Gasteiger partial charge in [-0.05, 0) is 46.4 Å². The molecule has 0 radical (unpaired) electrons. The van der Waals surface area contributed by atoms with Gasteiger partial charge in [-0.25, -0.2) is 0 Å². The first-order valence-corrected chi connectivity index (χ1v) is 8.22. The molecule has 2 atom stereocenters. The molecule has 2 N–H and O–H groups in total. The first kappa shape index (κ1) is 13.6. The SMILES string of the molecule is CC1(C)c2ccccc2C2=CC(C3C=CC=CC3)=C(N)CC21. The minimum absolute atomic E-state index is 0.168. The zero-order valence-corrected chi connectivity index (χ0v) is 13.3. The summed E-state index contributed by atoms with van der Waals surface area (Å²) < 4.78 is 0. The molecule has 1 aromatic rings. The minimum Gasteiger partial charge on any atom is -0.402 e. The predicted molar refractivity (Wildman–Crippen MR) is 93.2 cm³/mol. The van der Waals surface area contributed by atoms with Crippen molar-refractivity contribution in [3.8, 4) is 0 Å². The summed E-state index contributed by atoms with van der Waals surface area (Å²) in [5.41, 5.74) is 13.5. The summed E-state index contributed by atoms with van der Waals surface area (Å²) in [7, 11) is 0. The van der Waals surface area contributed by atoms with Crippen LogP contribution in [0.15, 0.2) is 65.9 Å². The number of hydrogen-bond donors (Lipinski definition) is 1. The molecule has 0 bridgehead atoms. The molecule has 1 nitrogen and oxygen atoms in total. The van der Waals surface area contributed by atoms with Crippen LogP contribution < -0.4 is 5.73 Å². The molecular weight excluding hydrogens is 266 g/mol. The first-order valence-electron chi connectivity index (χ1n) is 8.22. The summed E-state index contributed by atoms with van der Waals surface area (Å²) in [6, 6.07) is 8.87. The van der Waals surface area contributed by atoms with Crippen molar-refractivity contribution in [2.75, 3.05) is 0 Å². The van der Waals surface area contributed by atoms with E-state index < -0.39 is 0 Å². The van der Waals surface area contributed by atoms with Gasteiger partial charge in [-0.15, -0.1) is 0 Å². The number of benzene rings is 1. The van der Waals surface area contributed by atoms with E-state index in [2.05, 4.69) is 68.5 Å².